The van der Waals surface area contributed by atoms with Gasteiger partial charge in [-0.1, -0.05) is 105 Å². The summed E-state index contributed by atoms with van der Waals surface area (Å²) < 4.78 is 0. The van der Waals surface area contributed by atoms with Gasteiger partial charge in [0.1, 0.15) is 0 Å². The van der Waals surface area contributed by atoms with Crippen molar-refractivity contribution in [3.05, 3.63) is 119 Å². The third kappa shape index (κ3) is 16.7. The minimum Gasteiger partial charge on any atom is -0.213 e. The molecule has 0 N–H and O–H groups in total. The van der Waals surface area contributed by atoms with Crippen LogP contribution in [0.3, 0.4) is 0 Å². The maximum atomic E-state index is 2.23. The van der Waals surface area contributed by atoms with E-state index in [1.807, 2.05) is 0 Å². The number of hydrogen-bond acceptors (Lipinski definition) is 0. The maximum absolute atomic E-state index is 2.23. The van der Waals surface area contributed by atoms with Crippen molar-refractivity contribution in [1.82, 2.24) is 0 Å². The van der Waals surface area contributed by atoms with Crippen LogP contribution in [0.25, 0.3) is 0 Å². The third-order valence-corrected chi connectivity index (χ3v) is 6.16. The number of unbranched alkanes of at least 4 members (excludes halogenated alkanes) is 2. The second-order valence-electron chi connectivity index (χ2n) is 11.6. The van der Waals surface area contributed by atoms with Gasteiger partial charge in [-0.05, 0) is 0 Å². The largest absolute Gasteiger partial charge is 4.00 e. The van der Waals surface area contributed by atoms with E-state index in [2.05, 4.69) is 152 Å². The minimum atomic E-state index is 0. The molecule has 0 aliphatic carbocycles. The first-order valence-electron chi connectivity index (χ1n) is 13.9. The molecule has 37 heavy (non-hydrogen) atoms. The van der Waals surface area contributed by atoms with Gasteiger partial charge in [-0.2, -0.15) is 70.8 Å². The fraction of sp³-hybridized carbons (Fsp3) is 0.444. The van der Waals surface area contributed by atoms with Crippen molar-refractivity contribution in [3.8, 4) is 0 Å². The molecule has 0 radical (unpaired) electrons. The fourth-order valence-electron chi connectivity index (χ4n) is 3.67. The minimum absolute atomic E-state index is 0. The molecule has 0 aliphatic rings. The van der Waals surface area contributed by atoms with Gasteiger partial charge in [0, 0.05) is 0 Å². The maximum Gasteiger partial charge on any atom is 4.00 e. The standard InChI is InChI=1S/4C9H13.Hf/c2*1-9(2,3)8-6-4-5-7-8;2*1-2-3-6-9-7-4-5-8-9;/h2*4-7H,1-3H3;2*4-5,7-8H,2-3,6H2,1H3;/q4*-1;+4. The van der Waals surface area contributed by atoms with Crippen molar-refractivity contribution in [2.45, 2.75) is 105 Å². The Balaban J connectivity index is 0.000000463. The first-order valence-corrected chi connectivity index (χ1v) is 13.9. The molecule has 0 bridgehead atoms. The van der Waals surface area contributed by atoms with Crippen molar-refractivity contribution in [2.75, 3.05) is 0 Å². The van der Waals surface area contributed by atoms with Gasteiger partial charge in [0.15, 0.2) is 0 Å². The van der Waals surface area contributed by atoms with Gasteiger partial charge in [0.2, 0.25) is 0 Å². The summed E-state index contributed by atoms with van der Waals surface area (Å²) in [4.78, 5) is 0. The van der Waals surface area contributed by atoms with Crippen LogP contribution in [0, 0.1) is 0 Å². The van der Waals surface area contributed by atoms with Crippen molar-refractivity contribution < 1.29 is 25.8 Å². The second-order valence-corrected chi connectivity index (χ2v) is 11.6. The Bertz CT molecular complexity index is 853. The molecule has 0 unspecified atom stereocenters. The molecule has 0 spiro atoms. The smallest absolute Gasteiger partial charge is 0.213 e. The van der Waals surface area contributed by atoms with E-state index in [1.54, 1.807) is 0 Å². The zero-order valence-electron chi connectivity index (χ0n) is 25.0. The monoisotopic (exact) mass is 664 g/mol. The average molecular weight is 663 g/mol. The Hall–Kier alpha value is -1.73. The van der Waals surface area contributed by atoms with Crippen LogP contribution in [0.4, 0.5) is 0 Å². The van der Waals surface area contributed by atoms with Crippen LogP contribution in [0.1, 0.15) is 103 Å². The van der Waals surface area contributed by atoms with Crippen LogP contribution in [-0.4, -0.2) is 0 Å². The van der Waals surface area contributed by atoms with E-state index in [0.717, 1.165) is 0 Å². The van der Waals surface area contributed by atoms with E-state index in [0.29, 0.717) is 10.8 Å². The predicted molar refractivity (Wildman–Crippen MR) is 163 cm³/mol. The fourth-order valence-corrected chi connectivity index (χ4v) is 3.67. The van der Waals surface area contributed by atoms with Gasteiger partial charge < -0.3 is 0 Å². The molecule has 4 aromatic rings. The van der Waals surface area contributed by atoms with Gasteiger partial charge in [0.25, 0.3) is 0 Å². The Labute approximate surface area is 248 Å². The molecule has 4 rings (SSSR count). The molecule has 0 fully saturated rings. The Morgan fingerprint density at radius 1 is 0.432 bits per heavy atom. The summed E-state index contributed by atoms with van der Waals surface area (Å²) in [6.07, 6.45) is 7.75. The van der Waals surface area contributed by atoms with Crippen molar-refractivity contribution in [1.29, 1.82) is 0 Å². The topological polar surface area (TPSA) is 0 Å². The number of hydrogen-bond donors (Lipinski definition) is 0. The van der Waals surface area contributed by atoms with E-state index in [9.17, 15) is 0 Å². The van der Waals surface area contributed by atoms with Gasteiger partial charge in [-0.3, -0.25) is 0 Å². The first kappa shape index (κ1) is 35.3. The van der Waals surface area contributed by atoms with E-state index < -0.39 is 0 Å². The Morgan fingerprint density at radius 3 is 0.865 bits per heavy atom. The molecule has 0 nitrogen and oxygen atoms in total. The van der Waals surface area contributed by atoms with Crippen LogP contribution in [0.15, 0.2) is 97.1 Å². The predicted octanol–water partition coefficient (Wildman–Crippen LogP) is 10.9. The molecule has 0 saturated carbocycles. The summed E-state index contributed by atoms with van der Waals surface area (Å²) in [6, 6.07) is 34.2. The van der Waals surface area contributed by atoms with Crippen LogP contribution < -0.4 is 0 Å². The Kier molecular flexibility index (Phi) is 18.5. The van der Waals surface area contributed by atoms with E-state index >= 15 is 0 Å². The van der Waals surface area contributed by atoms with Crippen molar-refractivity contribution in [3.63, 3.8) is 0 Å². The summed E-state index contributed by atoms with van der Waals surface area (Å²) in [5.74, 6) is 0. The molecule has 1 heteroatoms. The summed E-state index contributed by atoms with van der Waals surface area (Å²) in [5, 5.41) is 0. The van der Waals surface area contributed by atoms with Gasteiger partial charge in [-0.15, -0.1) is 0 Å². The molecular formula is C36H52Hf. The van der Waals surface area contributed by atoms with Crippen LogP contribution >= 0.6 is 0 Å². The summed E-state index contributed by atoms with van der Waals surface area (Å²) in [5.41, 5.74) is 6.45. The van der Waals surface area contributed by atoms with Gasteiger partial charge in [-0.25, -0.2) is 48.5 Å². The average Bonchev–Trinajstić information content (AvgIpc) is 3.65. The summed E-state index contributed by atoms with van der Waals surface area (Å²) in [6.45, 7) is 17.8. The van der Waals surface area contributed by atoms with Gasteiger partial charge in [0.05, 0.1) is 0 Å². The zero-order valence-corrected chi connectivity index (χ0v) is 28.6. The van der Waals surface area contributed by atoms with Crippen LogP contribution in [0.5, 0.6) is 0 Å². The molecule has 4 aromatic carbocycles. The molecule has 0 heterocycles. The molecule has 0 aromatic heterocycles. The van der Waals surface area contributed by atoms with Crippen molar-refractivity contribution >= 4 is 0 Å². The summed E-state index contributed by atoms with van der Waals surface area (Å²) >= 11 is 0. The zero-order chi connectivity index (χ0) is 26.9. The molecule has 200 valence electrons. The van der Waals surface area contributed by atoms with E-state index in [1.165, 1.54) is 60.8 Å². The van der Waals surface area contributed by atoms with Crippen LogP contribution in [0.2, 0.25) is 0 Å². The van der Waals surface area contributed by atoms with E-state index in [-0.39, 0.29) is 25.8 Å². The van der Waals surface area contributed by atoms with E-state index in [4.69, 9.17) is 0 Å². The quantitative estimate of drug-likeness (QED) is 0.142. The SMILES string of the molecule is CC(C)(C)[c-]1cccc1.CC(C)(C)[c-]1cccc1.CCCC[c-]1cccc1.CCCC[c-]1cccc1.[Hf+4]. The Morgan fingerprint density at radius 2 is 0.676 bits per heavy atom. The van der Waals surface area contributed by atoms with Gasteiger partial charge >= 0.3 is 25.8 Å². The number of rotatable bonds is 6. The molecular weight excluding hydrogens is 611 g/mol. The first-order chi connectivity index (χ1) is 17.1. The molecule has 0 saturated heterocycles. The van der Waals surface area contributed by atoms with Crippen molar-refractivity contribution in [2.24, 2.45) is 0 Å². The molecule has 0 atom stereocenters. The second kappa shape index (κ2) is 19.4. The van der Waals surface area contributed by atoms with Crippen LogP contribution in [-0.2, 0) is 49.5 Å². The number of aryl methyl sites for hydroxylation is 2. The normalized spacial score (nSPS) is 10.6. The molecule has 0 amide bonds. The molecule has 0 aliphatic heterocycles. The summed E-state index contributed by atoms with van der Waals surface area (Å²) in [7, 11) is 0. The third-order valence-electron chi connectivity index (χ3n) is 6.16.